The standard InChI is InChI=1S/C17H16N4O2S/c1-11(2)24-14-7-5-12(6-8-14)15(22)19-17-21-20-16(23-17)13-4-3-9-18-10-13/h3-11H,1-2H3,(H,19,21,22). The van der Waals surface area contributed by atoms with E-state index in [4.69, 9.17) is 4.42 Å². The highest BCUT2D eigenvalue weighted by atomic mass is 32.2. The lowest BCUT2D eigenvalue weighted by molar-refractivity contribution is 0.102. The molecule has 24 heavy (non-hydrogen) atoms. The number of nitrogens with one attached hydrogen (secondary N) is 1. The molecule has 2 aromatic heterocycles. The summed E-state index contributed by atoms with van der Waals surface area (Å²) in [7, 11) is 0. The molecule has 0 spiro atoms. The first-order chi connectivity index (χ1) is 11.6. The van der Waals surface area contributed by atoms with E-state index in [2.05, 4.69) is 34.3 Å². The molecule has 1 amide bonds. The average molecular weight is 340 g/mol. The zero-order chi connectivity index (χ0) is 16.9. The Labute approximate surface area is 143 Å². The Morgan fingerprint density at radius 3 is 2.62 bits per heavy atom. The van der Waals surface area contributed by atoms with Crippen LogP contribution < -0.4 is 5.32 Å². The van der Waals surface area contributed by atoms with Crippen LogP contribution in [0.15, 0.2) is 58.1 Å². The van der Waals surface area contributed by atoms with Gasteiger partial charge in [0.1, 0.15) is 0 Å². The highest BCUT2D eigenvalue weighted by Gasteiger charge is 2.13. The first-order valence-corrected chi connectivity index (χ1v) is 8.32. The predicted molar refractivity (Wildman–Crippen MR) is 92.9 cm³/mol. The van der Waals surface area contributed by atoms with Crippen molar-refractivity contribution in [3.8, 4) is 11.5 Å². The second-order valence-electron chi connectivity index (χ2n) is 5.30. The molecule has 0 aliphatic carbocycles. The molecule has 0 unspecified atom stereocenters. The molecular formula is C17H16N4O2S. The van der Waals surface area contributed by atoms with E-state index < -0.39 is 0 Å². The number of rotatable bonds is 5. The summed E-state index contributed by atoms with van der Waals surface area (Å²) in [6, 6.07) is 11.0. The number of carbonyl (C=O) groups excluding carboxylic acids is 1. The van der Waals surface area contributed by atoms with Crippen LogP contribution in [0.5, 0.6) is 0 Å². The molecule has 2 heterocycles. The Kier molecular flexibility index (Phi) is 4.90. The number of benzene rings is 1. The number of amides is 1. The van der Waals surface area contributed by atoms with E-state index in [0.717, 1.165) is 4.90 Å². The fourth-order valence-corrected chi connectivity index (χ4v) is 2.84. The zero-order valence-corrected chi connectivity index (χ0v) is 14.1. The van der Waals surface area contributed by atoms with Gasteiger partial charge in [-0.3, -0.25) is 15.1 Å². The van der Waals surface area contributed by atoms with E-state index in [9.17, 15) is 4.79 Å². The lowest BCUT2D eigenvalue weighted by atomic mass is 10.2. The summed E-state index contributed by atoms with van der Waals surface area (Å²) in [5.74, 6) is 0.0135. The molecule has 1 aromatic carbocycles. The van der Waals surface area contributed by atoms with Gasteiger partial charge < -0.3 is 4.42 Å². The molecule has 0 fully saturated rings. The van der Waals surface area contributed by atoms with Crippen molar-refractivity contribution in [2.45, 2.75) is 24.0 Å². The highest BCUT2D eigenvalue weighted by Crippen LogP contribution is 2.23. The van der Waals surface area contributed by atoms with Crippen molar-refractivity contribution in [1.29, 1.82) is 0 Å². The third-order valence-corrected chi connectivity index (χ3v) is 4.06. The van der Waals surface area contributed by atoms with Crippen LogP contribution in [0.3, 0.4) is 0 Å². The molecule has 3 aromatic rings. The monoisotopic (exact) mass is 340 g/mol. The van der Waals surface area contributed by atoms with E-state index in [1.54, 1.807) is 48.4 Å². The molecule has 0 aliphatic rings. The smallest absolute Gasteiger partial charge is 0.322 e. The summed E-state index contributed by atoms with van der Waals surface area (Å²) in [6.45, 7) is 4.25. The predicted octanol–water partition coefficient (Wildman–Crippen LogP) is 3.88. The van der Waals surface area contributed by atoms with Gasteiger partial charge >= 0.3 is 6.01 Å². The molecule has 0 saturated carbocycles. The maximum absolute atomic E-state index is 12.2. The molecular weight excluding hydrogens is 324 g/mol. The fourth-order valence-electron chi connectivity index (χ4n) is 2.01. The number of pyridine rings is 1. The maximum Gasteiger partial charge on any atom is 0.322 e. The Balaban J connectivity index is 1.68. The fraction of sp³-hybridized carbons (Fsp3) is 0.176. The van der Waals surface area contributed by atoms with Gasteiger partial charge in [-0.2, -0.15) is 0 Å². The van der Waals surface area contributed by atoms with Gasteiger partial charge in [-0.25, -0.2) is 0 Å². The highest BCUT2D eigenvalue weighted by molar-refractivity contribution is 7.99. The van der Waals surface area contributed by atoms with Gasteiger partial charge in [0, 0.05) is 28.1 Å². The second-order valence-corrected chi connectivity index (χ2v) is 6.95. The number of hydrogen-bond acceptors (Lipinski definition) is 6. The van der Waals surface area contributed by atoms with Crippen LogP contribution >= 0.6 is 11.8 Å². The van der Waals surface area contributed by atoms with Crippen LogP contribution in [0.2, 0.25) is 0 Å². The minimum Gasteiger partial charge on any atom is -0.403 e. The summed E-state index contributed by atoms with van der Waals surface area (Å²) < 4.78 is 5.44. The number of aromatic nitrogens is 3. The number of nitrogens with zero attached hydrogens (tertiary/aromatic N) is 3. The molecule has 0 bridgehead atoms. The largest absolute Gasteiger partial charge is 0.403 e. The van der Waals surface area contributed by atoms with Crippen LogP contribution in [0, 0.1) is 0 Å². The van der Waals surface area contributed by atoms with Crippen molar-refractivity contribution in [3.63, 3.8) is 0 Å². The minimum absolute atomic E-state index is 0.0551. The Morgan fingerprint density at radius 2 is 1.96 bits per heavy atom. The third-order valence-electron chi connectivity index (χ3n) is 3.04. The summed E-state index contributed by atoms with van der Waals surface area (Å²) in [5, 5.41) is 10.8. The quantitative estimate of drug-likeness (QED) is 0.710. The van der Waals surface area contributed by atoms with Gasteiger partial charge in [0.15, 0.2) is 0 Å². The van der Waals surface area contributed by atoms with Crippen molar-refractivity contribution < 1.29 is 9.21 Å². The van der Waals surface area contributed by atoms with E-state index in [1.165, 1.54) is 0 Å². The van der Waals surface area contributed by atoms with Crippen LogP contribution in [0.4, 0.5) is 6.01 Å². The van der Waals surface area contributed by atoms with Crippen molar-refractivity contribution >= 4 is 23.7 Å². The van der Waals surface area contributed by atoms with Crippen molar-refractivity contribution in [1.82, 2.24) is 15.2 Å². The lowest BCUT2D eigenvalue weighted by Gasteiger charge is -2.05. The van der Waals surface area contributed by atoms with Crippen molar-refractivity contribution in [2.24, 2.45) is 0 Å². The van der Waals surface area contributed by atoms with Crippen LogP contribution in [-0.2, 0) is 0 Å². The van der Waals surface area contributed by atoms with Crippen LogP contribution in [0.25, 0.3) is 11.5 Å². The average Bonchev–Trinajstić information content (AvgIpc) is 3.04. The van der Waals surface area contributed by atoms with Crippen molar-refractivity contribution in [3.05, 3.63) is 54.4 Å². The lowest BCUT2D eigenvalue weighted by Crippen LogP contribution is -2.11. The number of anilines is 1. The summed E-state index contributed by atoms with van der Waals surface area (Å²) >= 11 is 1.75. The molecule has 122 valence electrons. The minimum atomic E-state index is -0.294. The van der Waals surface area contributed by atoms with Crippen LogP contribution in [-0.4, -0.2) is 26.3 Å². The topological polar surface area (TPSA) is 80.9 Å². The molecule has 6 nitrogen and oxygen atoms in total. The van der Waals surface area contributed by atoms with Gasteiger partial charge in [0.2, 0.25) is 0 Å². The van der Waals surface area contributed by atoms with Gasteiger partial charge in [0.25, 0.3) is 11.8 Å². The van der Waals surface area contributed by atoms with E-state index in [1.807, 2.05) is 12.1 Å². The molecule has 3 rings (SSSR count). The first-order valence-electron chi connectivity index (χ1n) is 7.44. The molecule has 0 aliphatic heterocycles. The van der Waals surface area contributed by atoms with E-state index in [-0.39, 0.29) is 11.9 Å². The summed E-state index contributed by atoms with van der Waals surface area (Å²) in [6.07, 6.45) is 3.27. The molecule has 0 saturated heterocycles. The Hall–Kier alpha value is -2.67. The van der Waals surface area contributed by atoms with Gasteiger partial charge in [-0.15, -0.1) is 16.9 Å². The van der Waals surface area contributed by atoms with Gasteiger partial charge in [0.05, 0.1) is 5.56 Å². The van der Waals surface area contributed by atoms with E-state index >= 15 is 0 Å². The number of carbonyl (C=O) groups is 1. The Morgan fingerprint density at radius 1 is 1.17 bits per heavy atom. The SMILES string of the molecule is CC(C)Sc1ccc(C(=O)Nc2nnc(-c3cccnc3)o2)cc1. The molecule has 1 N–H and O–H groups in total. The summed E-state index contributed by atoms with van der Waals surface area (Å²) in [4.78, 5) is 17.3. The molecule has 7 heteroatoms. The van der Waals surface area contributed by atoms with Crippen molar-refractivity contribution in [2.75, 3.05) is 5.32 Å². The zero-order valence-electron chi connectivity index (χ0n) is 13.3. The maximum atomic E-state index is 12.2. The Bertz CT molecular complexity index is 816. The first kappa shape index (κ1) is 16.2. The third kappa shape index (κ3) is 3.99. The summed E-state index contributed by atoms with van der Waals surface area (Å²) in [5.41, 5.74) is 1.23. The number of hydrogen-bond donors (Lipinski definition) is 1. The molecule has 0 radical (unpaired) electrons. The second kappa shape index (κ2) is 7.27. The molecule has 0 atom stereocenters. The van der Waals surface area contributed by atoms with E-state index in [0.29, 0.717) is 22.3 Å². The van der Waals surface area contributed by atoms with Gasteiger partial charge in [-0.1, -0.05) is 18.9 Å². The normalized spacial score (nSPS) is 10.8. The van der Waals surface area contributed by atoms with Gasteiger partial charge in [-0.05, 0) is 36.4 Å². The van der Waals surface area contributed by atoms with Crippen LogP contribution in [0.1, 0.15) is 24.2 Å². The number of thioether (sulfide) groups is 1.